The molecule has 0 bridgehead atoms. The number of carbonyl (C=O) groups is 1. The molecule has 10 nitrogen and oxygen atoms in total. The van der Waals surface area contributed by atoms with E-state index in [4.69, 9.17) is 48.3 Å². The molecule has 3 aromatic rings. The average Bonchev–Trinajstić information content (AvgIpc) is 3.44. The lowest BCUT2D eigenvalue weighted by Crippen LogP contribution is -2.54. The predicted molar refractivity (Wildman–Crippen MR) is 177 cm³/mol. The van der Waals surface area contributed by atoms with E-state index in [1.165, 1.54) is 0 Å². The van der Waals surface area contributed by atoms with E-state index in [2.05, 4.69) is 15.3 Å². The summed E-state index contributed by atoms with van der Waals surface area (Å²) in [5, 5.41) is 27.9. The molecule has 0 radical (unpaired) electrons. The van der Waals surface area contributed by atoms with Crippen LogP contribution >= 0.6 is 23.2 Å². The van der Waals surface area contributed by atoms with Crippen LogP contribution in [0.25, 0.3) is 10.4 Å². The van der Waals surface area contributed by atoms with Crippen molar-refractivity contribution in [3.8, 4) is 5.75 Å². The number of aliphatic hydroxyl groups excluding tert-OH is 1. The fraction of sp³-hybridized carbons (Fsp3) is 0.412. The Hall–Kier alpha value is -3.79. The maximum Gasteiger partial charge on any atom is 0.252 e. The van der Waals surface area contributed by atoms with Gasteiger partial charge < -0.3 is 25.0 Å². The first-order chi connectivity index (χ1) is 22.3. The topological polar surface area (TPSA) is 149 Å². The Morgan fingerprint density at radius 3 is 2.52 bits per heavy atom. The Morgan fingerprint density at radius 1 is 1.09 bits per heavy atom. The van der Waals surface area contributed by atoms with Crippen molar-refractivity contribution in [3.63, 3.8) is 0 Å². The molecule has 46 heavy (non-hydrogen) atoms. The van der Waals surface area contributed by atoms with Crippen LogP contribution in [0.2, 0.25) is 10.0 Å². The Kier molecular flexibility index (Phi) is 11.1. The van der Waals surface area contributed by atoms with E-state index in [-0.39, 0.29) is 32.0 Å². The highest BCUT2D eigenvalue weighted by Crippen LogP contribution is 2.45. The van der Waals surface area contributed by atoms with Crippen molar-refractivity contribution in [3.05, 3.63) is 109 Å². The molecule has 0 aromatic heterocycles. The largest absolute Gasteiger partial charge is 0.494 e. The van der Waals surface area contributed by atoms with Gasteiger partial charge in [-0.15, -0.1) is 0 Å². The average molecular weight is 667 g/mol. The molecule has 242 valence electrons. The number of nitrogens with one attached hydrogen (secondary N) is 1. The Balaban J connectivity index is 1.60. The van der Waals surface area contributed by atoms with Crippen molar-refractivity contribution in [2.75, 3.05) is 19.8 Å². The van der Waals surface area contributed by atoms with Gasteiger partial charge in [0.05, 0.1) is 18.8 Å². The minimum Gasteiger partial charge on any atom is -0.494 e. The highest BCUT2D eigenvalue weighted by atomic mass is 35.5. The fourth-order valence-electron chi connectivity index (χ4n) is 6.04. The minimum atomic E-state index is -1.57. The van der Waals surface area contributed by atoms with Crippen LogP contribution in [0.1, 0.15) is 66.9 Å². The lowest BCUT2D eigenvalue weighted by atomic mass is 9.80. The molecule has 1 fully saturated rings. The maximum atomic E-state index is 14.6. The van der Waals surface area contributed by atoms with E-state index in [0.717, 1.165) is 30.4 Å². The molecule has 3 aromatic carbocycles. The van der Waals surface area contributed by atoms with Crippen LogP contribution in [0, 0.1) is 0 Å². The zero-order chi connectivity index (χ0) is 32.6. The summed E-state index contributed by atoms with van der Waals surface area (Å²) in [4.78, 5) is 22.6. The van der Waals surface area contributed by atoms with Gasteiger partial charge >= 0.3 is 0 Å². The van der Waals surface area contributed by atoms with Gasteiger partial charge in [0.2, 0.25) is 5.90 Å². The number of ether oxygens (including phenoxy) is 2. The molecule has 1 aliphatic carbocycles. The second kappa shape index (κ2) is 15.2. The van der Waals surface area contributed by atoms with E-state index in [1.54, 1.807) is 42.5 Å². The third kappa shape index (κ3) is 7.77. The molecular formula is C34H37Cl2N5O5. The first kappa shape index (κ1) is 33.6. The second-order valence-corrected chi connectivity index (χ2v) is 12.6. The maximum absolute atomic E-state index is 14.6. The molecule has 0 unspecified atom stereocenters. The van der Waals surface area contributed by atoms with Gasteiger partial charge in [0.25, 0.3) is 5.91 Å². The fourth-order valence-corrected chi connectivity index (χ4v) is 6.55. The third-order valence-electron chi connectivity index (χ3n) is 8.52. The van der Waals surface area contributed by atoms with Crippen LogP contribution in [-0.4, -0.2) is 52.9 Å². The molecule has 1 saturated carbocycles. The smallest absolute Gasteiger partial charge is 0.252 e. The van der Waals surface area contributed by atoms with Crippen molar-refractivity contribution in [1.29, 1.82) is 0 Å². The van der Waals surface area contributed by atoms with E-state index < -0.39 is 23.2 Å². The molecular weight excluding hydrogens is 629 g/mol. The molecule has 5 rings (SSSR count). The van der Waals surface area contributed by atoms with Crippen LogP contribution in [0.4, 0.5) is 0 Å². The van der Waals surface area contributed by atoms with E-state index in [1.807, 2.05) is 24.3 Å². The summed E-state index contributed by atoms with van der Waals surface area (Å²) in [7, 11) is 0. The summed E-state index contributed by atoms with van der Waals surface area (Å²) in [5.41, 5.74) is 9.07. The number of amides is 1. The second-order valence-electron chi connectivity index (χ2n) is 11.8. The number of azide groups is 1. The first-order valence-electron chi connectivity index (χ1n) is 15.4. The highest BCUT2D eigenvalue weighted by molar-refractivity contribution is 6.35. The van der Waals surface area contributed by atoms with Gasteiger partial charge in [0, 0.05) is 52.1 Å². The minimum absolute atomic E-state index is 0.0327. The standard InChI is InChI=1S/C34H37Cl2N5O5/c35-26-11-14-28(29(36)19-26)30-34(20-24-7-2-3-8-25(24)21-39-41-37,32(43)38-22-33(44)15-4-1-5-16-33)40-31(46-30)23-9-12-27(13-10-23)45-18-6-17-42/h2-3,7-14,19,30,42,44H,1,4-6,15-18,20-22H2,(H,38,43)/t30-,34-/m1/s1. The molecule has 2 aliphatic rings. The number of nitrogens with zero attached hydrogens (tertiary/aromatic N) is 4. The van der Waals surface area contributed by atoms with Gasteiger partial charge in [0.15, 0.2) is 11.6 Å². The summed E-state index contributed by atoms with van der Waals surface area (Å²) < 4.78 is 12.3. The van der Waals surface area contributed by atoms with Crippen molar-refractivity contribution in [2.45, 2.75) is 68.7 Å². The molecule has 1 aliphatic heterocycles. The van der Waals surface area contributed by atoms with Crippen molar-refractivity contribution in [2.24, 2.45) is 10.1 Å². The quantitative estimate of drug-likeness (QED) is 0.0788. The van der Waals surface area contributed by atoms with E-state index in [9.17, 15) is 9.90 Å². The number of hydrogen-bond acceptors (Lipinski definition) is 7. The zero-order valence-corrected chi connectivity index (χ0v) is 26.9. The summed E-state index contributed by atoms with van der Waals surface area (Å²) in [5.74, 6) is 0.418. The molecule has 1 heterocycles. The van der Waals surface area contributed by atoms with Crippen molar-refractivity contribution >= 4 is 35.0 Å². The first-order valence-corrected chi connectivity index (χ1v) is 16.2. The number of rotatable bonds is 13. The molecule has 12 heteroatoms. The molecule has 2 atom stereocenters. The SMILES string of the molecule is [N-]=[N+]=NCc1ccccc1C[C@@]1(C(=O)NCC2(O)CCCCC2)N=C(c2ccc(OCCCO)cc2)O[C@@H]1c1ccc(Cl)cc1Cl. The van der Waals surface area contributed by atoms with E-state index >= 15 is 0 Å². The molecule has 0 spiro atoms. The number of carbonyl (C=O) groups excluding carboxylic acids is 1. The zero-order valence-electron chi connectivity index (χ0n) is 25.4. The lowest BCUT2D eigenvalue weighted by Gasteiger charge is -2.35. The normalized spacial score (nSPS) is 20.3. The van der Waals surface area contributed by atoms with Crippen LogP contribution < -0.4 is 10.1 Å². The summed E-state index contributed by atoms with van der Waals surface area (Å²) >= 11 is 13.0. The molecule has 3 N–H and O–H groups in total. The third-order valence-corrected chi connectivity index (χ3v) is 9.08. The summed E-state index contributed by atoms with van der Waals surface area (Å²) in [6.07, 6.45) is 3.64. The van der Waals surface area contributed by atoms with Gasteiger partial charge in [-0.2, -0.15) is 0 Å². The van der Waals surface area contributed by atoms with Crippen LogP contribution in [0.15, 0.2) is 76.8 Å². The summed E-state index contributed by atoms with van der Waals surface area (Å²) in [6, 6.07) is 19.6. The Bertz CT molecular complexity index is 1610. The molecule has 1 amide bonds. The van der Waals surface area contributed by atoms with Gasteiger partial charge in [-0.25, -0.2) is 4.99 Å². The number of aliphatic imine (C=N–C) groups is 1. The van der Waals surface area contributed by atoms with Crippen LogP contribution in [-0.2, 0) is 22.5 Å². The summed E-state index contributed by atoms with van der Waals surface area (Å²) in [6.45, 7) is 0.561. The van der Waals surface area contributed by atoms with Crippen molar-refractivity contribution in [1.82, 2.24) is 5.32 Å². The number of benzene rings is 3. The van der Waals surface area contributed by atoms with Gasteiger partial charge in [-0.05, 0) is 65.9 Å². The monoisotopic (exact) mass is 665 g/mol. The number of halogens is 2. The Labute approximate surface area is 278 Å². The number of aliphatic hydroxyl groups is 2. The van der Waals surface area contributed by atoms with Gasteiger partial charge in [0.1, 0.15) is 5.75 Å². The van der Waals surface area contributed by atoms with Crippen LogP contribution in [0.3, 0.4) is 0 Å². The van der Waals surface area contributed by atoms with Crippen molar-refractivity contribution < 1.29 is 24.5 Å². The predicted octanol–water partition coefficient (Wildman–Crippen LogP) is 6.88. The highest BCUT2D eigenvalue weighted by Gasteiger charge is 2.54. The van der Waals surface area contributed by atoms with Crippen LogP contribution in [0.5, 0.6) is 5.75 Å². The Morgan fingerprint density at radius 2 is 1.83 bits per heavy atom. The lowest BCUT2D eigenvalue weighted by molar-refractivity contribution is -0.130. The van der Waals surface area contributed by atoms with E-state index in [0.29, 0.717) is 52.8 Å². The molecule has 0 saturated heterocycles. The van der Waals surface area contributed by atoms with Gasteiger partial charge in [-0.1, -0.05) is 77.9 Å². The number of hydrogen-bond donors (Lipinski definition) is 3. The van der Waals surface area contributed by atoms with Gasteiger partial charge in [-0.3, -0.25) is 4.79 Å².